The molecule has 2 heterocycles. The molecule has 0 saturated carbocycles. The van der Waals surface area contributed by atoms with Gasteiger partial charge in [0.2, 0.25) is 0 Å². The summed E-state index contributed by atoms with van der Waals surface area (Å²) in [4.78, 5) is 18.9. The van der Waals surface area contributed by atoms with Crippen molar-refractivity contribution >= 4 is 6.09 Å². The Kier molecular flexibility index (Phi) is 4.56. The third kappa shape index (κ3) is 3.58. The highest BCUT2D eigenvalue weighted by Crippen LogP contribution is 2.37. The van der Waals surface area contributed by atoms with Gasteiger partial charge in [-0.05, 0) is 51.3 Å². The second-order valence-electron chi connectivity index (χ2n) is 7.13. The maximum absolute atomic E-state index is 12.6. The maximum atomic E-state index is 12.6. The van der Waals surface area contributed by atoms with Gasteiger partial charge in [0, 0.05) is 18.3 Å². The first-order valence-electron chi connectivity index (χ1n) is 8.46. The number of amides is 1. The van der Waals surface area contributed by atoms with Gasteiger partial charge in [0.15, 0.2) is 0 Å². The summed E-state index contributed by atoms with van der Waals surface area (Å²) in [5.41, 5.74) is 2.67. The lowest BCUT2D eigenvalue weighted by Gasteiger charge is -2.29. The molecule has 1 amide bonds. The van der Waals surface area contributed by atoms with Crippen LogP contribution in [-0.2, 0) is 4.74 Å². The summed E-state index contributed by atoms with van der Waals surface area (Å²) < 4.78 is 5.59. The molecule has 0 aliphatic carbocycles. The van der Waals surface area contributed by atoms with Crippen LogP contribution in [0.15, 0.2) is 48.7 Å². The highest BCUT2D eigenvalue weighted by Gasteiger charge is 2.34. The fourth-order valence-corrected chi connectivity index (χ4v) is 3.17. The first-order valence-corrected chi connectivity index (χ1v) is 8.46. The summed E-state index contributed by atoms with van der Waals surface area (Å²) in [6.07, 6.45) is 3.50. The Hall–Kier alpha value is -2.36. The van der Waals surface area contributed by atoms with Crippen molar-refractivity contribution in [3.8, 4) is 11.3 Å². The highest BCUT2D eigenvalue weighted by atomic mass is 16.6. The SMILES string of the molecule is CC(C)(C)OC(=O)N1CCC[C@H]1c1ccccc1-c1ccccn1. The molecule has 1 atom stereocenters. The van der Waals surface area contributed by atoms with E-state index in [1.54, 1.807) is 6.20 Å². The van der Waals surface area contributed by atoms with Crippen LogP contribution in [0.3, 0.4) is 0 Å². The lowest BCUT2D eigenvalue weighted by Crippen LogP contribution is -2.36. The Bertz CT molecular complexity index is 707. The Morgan fingerprint density at radius 1 is 1.17 bits per heavy atom. The number of carbonyl (C=O) groups is 1. The van der Waals surface area contributed by atoms with E-state index in [0.717, 1.165) is 36.2 Å². The van der Waals surface area contributed by atoms with Crippen molar-refractivity contribution in [1.82, 2.24) is 9.88 Å². The Morgan fingerprint density at radius 2 is 1.92 bits per heavy atom. The second-order valence-corrected chi connectivity index (χ2v) is 7.13. The topological polar surface area (TPSA) is 42.4 Å². The molecular weight excluding hydrogens is 300 g/mol. The van der Waals surface area contributed by atoms with Crippen LogP contribution in [0.1, 0.15) is 45.2 Å². The fraction of sp³-hybridized carbons (Fsp3) is 0.400. The number of nitrogens with zero attached hydrogens (tertiary/aromatic N) is 2. The van der Waals surface area contributed by atoms with Crippen molar-refractivity contribution in [2.24, 2.45) is 0 Å². The maximum Gasteiger partial charge on any atom is 0.410 e. The first-order chi connectivity index (χ1) is 11.5. The number of pyridine rings is 1. The molecule has 0 unspecified atom stereocenters. The lowest BCUT2D eigenvalue weighted by molar-refractivity contribution is 0.0225. The minimum Gasteiger partial charge on any atom is -0.444 e. The standard InChI is InChI=1S/C20H24N2O2/c1-20(2,3)24-19(23)22-14-8-12-18(22)16-10-5-4-9-15(16)17-11-6-7-13-21-17/h4-7,9-11,13,18H,8,12,14H2,1-3H3/t18-/m0/s1. The molecule has 0 N–H and O–H groups in total. The molecule has 1 fully saturated rings. The summed E-state index contributed by atoms with van der Waals surface area (Å²) >= 11 is 0. The third-order valence-electron chi connectivity index (χ3n) is 4.14. The van der Waals surface area contributed by atoms with Crippen molar-refractivity contribution in [1.29, 1.82) is 0 Å². The van der Waals surface area contributed by atoms with Crippen molar-refractivity contribution < 1.29 is 9.53 Å². The predicted octanol–water partition coefficient (Wildman–Crippen LogP) is 4.82. The molecule has 4 heteroatoms. The Balaban J connectivity index is 1.92. The van der Waals surface area contributed by atoms with Gasteiger partial charge in [-0.1, -0.05) is 30.3 Å². The second kappa shape index (κ2) is 6.63. The number of benzene rings is 1. The molecule has 24 heavy (non-hydrogen) atoms. The molecule has 0 spiro atoms. The average Bonchev–Trinajstić information content (AvgIpc) is 3.04. The number of hydrogen-bond donors (Lipinski definition) is 0. The van der Waals surface area contributed by atoms with Crippen molar-refractivity contribution in [3.63, 3.8) is 0 Å². The zero-order chi connectivity index (χ0) is 17.2. The lowest BCUT2D eigenvalue weighted by atomic mass is 9.96. The van der Waals surface area contributed by atoms with Gasteiger partial charge in [0.1, 0.15) is 5.60 Å². The molecular formula is C20H24N2O2. The van der Waals surface area contributed by atoms with Gasteiger partial charge in [0.05, 0.1) is 11.7 Å². The zero-order valence-corrected chi connectivity index (χ0v) is 14.5. The summed E-state index contributed by atoms with van der Waals surface area (Å²) in [6.45, 7) is 6.43. The van der Waals surface area contributed by atoms with E-state index >= 15 is 0 Å². The summed E-state index contributed by atoms with van der Waals surface area (Å²) in [5.74, 6) is 0. The third-order valence-corrected chi connectivity index (χ3v) is 4.14. The molecule has 1 aromatic heterocycles. The molecule has 2 aromatic rings. The molecule has 1 aliphatic rings. The van der Waals surface area contributed by atoms with Gasteiger partial charge in [-0.2, -0.15) is 0 Å². The van der Waals surface area contributed by atoms with Crippen LogP contribution in [-0.4, -0.2) is 28.1 Å². The van der Waals surface area contributed by atoms with Crippen molar-refractivity contribution in [3.05, 3.63) is 54.2 Å². The molecule has 1 aromatic carbocycles. The largest absolute Gasteiger partial charge is 0.444 e. The number of rotatable bonds is 2. The zero-order valence-electron chi connectivity index (χ0n) is 14.5. The number of aromatic nitrogens is 1. The van der Waals surface area contributed by atoms with Gasteiger partial charge in [0.25, 0.3) is 0 Å². The average molecular weight is 324 g/mol. The minimum absolute atomic E-state index is 0.0399. The number of ether oxygens (including phenoxy) is 1. The fourth-order valence-electron chi connectivity index (χ4n) is 3.17. The van der Waals surface area contributed by atoms with Crippen LogP contribution in [0, 0.1) is 0 Å². The highest BCUT2D eigenvalue weighted by molar-refractivity contribution is 5.71. The van der Waals surface area contributed by atoms with Gasteiger partial charge in [-0.25, -0.2) is 4.79 Å². The number of likely N-dealkylation sites (tertiary alicyclic amines) is 1. The van der Waals surface area contributed by atoms with E-state index < -0.39 is 5.60 Å². The van der Waals surface area contributed by atoms with Crippen LogP contribution in [0.5, 0.6) is 0 Å². The molecule has 1 saturated heterocycles. The van der Waals surface area contributed by atoms with E-state index in [0.29, 0.717) is 0 Å². The van der Waals surface area contributed by atoms with Gasteiger partial charge in [-0.3, -0.25) is 4.98 Å². The molecule has 126 valence electrons. The van der Waals surface area contributed by atoms with E-state index in [9.17, 15) is 4.79 Å². The number of hydrogen-bond acceptors (Lipinski definition) is 3. The Morgan fingerprint density at radius 3 is 2.62 bits per heavy atom. The molecule has 3 rings (SSSR count). The quantitative estimate of drug-likeness (QED) is 0.795. The van der Waals surface area contributed by atoms with E-state index in [4.69, 9.17) is 4.74 Å². The summed E-state index contributed by atoms with van der Waals surface area (Å²) in [6, 6.07) is 14.1. The van der Waals surface area contributed by atoms with Crippen molar-refractivity contribution in [2.45, 2.75) is 45.3 Å². The van der Waals surface area contributed by atoms with Gasteiger partial charge in [-0.15, -0.1) is 0 Å². The van der Waals surface area contributed by atoms with E-state index in [-0.39, 0.29) is 12.1 Å². The minimum atomic E-state index is -0.481. The van der Waals surface area contributed by atoms with Gasteiger partial charge < -0.3 is 9.64 Å². The van der Waals surface area contributed by atoms with E-state index in [1.165, 1.54) is 0 Å². The Labute approximate surface area is 143 Å². The molecule has 0 bridgehead atoms. The van der Waals surface area contributed by atoms with Crippen LogP contribution >= 0.6 is 0 Å². The summed E-state index contributed by atoms with van der Waals surface area (Å²) in [7, 11) is 0. The van der Waals surface area contributed by atoms with Gasteiger partial charge >= 0.3 is 6.09 Å². The van der Waals surface area contributed by atoms with Crippen LogP contribution < -0.4 is 0 Å². The molecule has 0 radical (unpaired) electrons. The van der Waals surface area contributed by atoms with Crippen molar-refractivity contribution in [2.75, 3.05) is 6.54 Å². The predicted molar refractivity (Wildman–Crippen MR) is 94.6 cm³/mol. The van der Waals surface area contributed by atoms with E-state index in [1.807, 2.05) is 56.0 Å². The van der Waals surface area contributed by atoms with Crippen LogP contribution in [0.2, 0.25) is 0 Å². The molecule has 1 aliphatic heterocycles. The van der Waals surface area contributed by atoms with Crippen LogP contribution in [0.25, 0.3) is 11.3 Å². The number of carbonyl (C=O) groups excluding carboxylic acids is 1. The normalized spacial score (nSPS) is 17.8. The smallest absolute Gasteiger partial charge is 0.410 e. The van der Waals surface area contributed by atoms with E-state index in [2.05, 4.69) is 17.1 Å². The summed E-state index contributed by atoms with van der Waals surface area (Å²) in [5, 5.41) is 0. The molecule has 4 nitrogen and oxygen atoms in total. The van der Waals surface area contributed by atoms with Crippen LogP contribution in [0.4, 0.5) is 4.79 Å². The first kappa shape index (κ1) is 16.5. The monoisotopic (exact) mass is 324 g/mol.